The van der Waals surface area contributed by atoms with Crippen LogP contribution in [-0.2, 0) is 4.79 Å². The lowest BCUT2D eigenvalue weighted by molar-refractivity contribution is -0.117. The molecule has 0 aliphatic heterocycles. The molecule has 1 N–H and O–H groups in total. The Morgan fingerprint density at radius 2 is 1.95 bits per heavy atom. The van der Waals surface area contributed by atoms with Gasteiger partial charge in [-0.3, -0.25) is 4.79 Å². The fourth-order valence-corrected chi connectivity index (χ4v) is 2.53. The van der Waals surface area contributed by atoms with Crippen molar-refractivity contribution >= 4 is 33.5 Å². The largest absolute Gasteiger partial charge is 0.433 e. The molecule has 112 valence electrons. The summed E-state index contributed by atoms with van der Waals surface area (Å²) in [5, 5.41) is 10.8. The van der Waals surface area contributed by atoms with E-state index in [1.54, 1.807) is 30.3 Å². The molecule has 1 aliphatic carbocycles. The molecule has 7 heteroatoms. The fourth-order valence-electron chi connectivity index (χ4n) is 2.27. The molecule has 0 amide bonds. The monoisotopic (exact) mass is 361 g/mol. The Morgan fingerprint density at radius 1 is 1.33 bits per heavy atom. The lowest BCUT2D eigenvalue weighted by Gasteiger charge is -2.12. The molecule has 1 aromatic carbocycles. The van der Waals surface area contributed by atoms with Crippen LogP contribution in [0.3, 0.4) is 0 Å². The van der Waals surface area contributed by atoms with Crippen LogP contribution in [0.5, 0.6) is 0 Å². The molecular formula is C14H11BrF3NO2. The number of carbonyl (C=O) groups is 1. The minimum atomic E-state index is -4.80. The van der Waals surface area contributed by atoms with Gasteiger partial charge in [0.05, 0.1) is 5.92 Å². The van der Waals surface area contributed by atoms with Gasteiger partial charge in [0.1, 0.15) is 0 Å². The SMILES string of the molecule is O=C1/C(=C/c2ccc(Br)cc2)CCC1/C(=N/O)C(F)(F)F. The minimum absolute atomic E-state index is 0.0000972. The number of hydrogen-bond acceptors (Lipinski definition) is 3. The average Bonchev–Trinajstić information content (AvgIpc) is 2.74. The standard InChI is InChI=1S/C14H11BrF3NO2/c15-10-4-1-8(2-5-10)7-9-3-6-11(12(9)20)13(19-21)14(16,17)18/h1-2,4-5,7,11,21H,3,6H2/b9-7+,19-13-. The van der Waals surface area contributed by atoms with Gasteiger partial charge >= 0.3 is 6.18 Å². The third-order valence-corrected chi connectivity index (χ3v) is 3.80. The molecule has 0 aromatic heterocycles. The summed E-state index contributed by atoms with van der Waals surface area (Å²) in [7, 11) is 0. The molecule has 1 saturated carbocycles. The first-order chi connectivity index (χ1) is 9.82. The molecule has 0 radical (unpaired) electrons. The van der Waals surface area contributed by atoms with Crippen LogP contribution in [0.25, 0.3) is 6.08 Å². The van der Waals surface area contributed by atoms with Crippen molar-refractivity contribution in [1.82, 2.24) is 0 Å². The van der Waals surface area contributed by atoms with Crippen molar-refractivity contribution in [3.8, 4) is 0 Å². The van der Waals surface area contributed by atoms with Crippen LogP contribution in [0, 0.1) is 5.92 Å². The molecule has 0 spiro atoms. The second-order valence-electron chi connectivity index (χ2n) is 4.66. The summed E-state index contributed by atoms with van der Waals surface area (Å²) in [5.74, 6) is -2.06. The van der Waals surface area contributed by atoms with Gasteiger partial charge in [0, 0.05) is 4.47 Å². The molecule has 3 nitrogen and oxygen atoms in total. The van der Waals surface area contributed by atoms with Crippen molar-refractivity contribution in [1.29, 1.82) is 0 Å². The van der Waals surface area contributed by atoms with Crippen molar-refractivity contribution in [2.24, 2.45) is 11.1 Å². The highest BCUT2D eigenvalue weighted by molar-refractivity contribution is 9.10. The molecule has 0 heterocycles. The summed E-state index contributed by atoms with van der Waals surface area (Å²) in [6.45, 7) is 0. The lowest BCUT2D eigenvalue weighted by Crippen LogP contribution is -2.33. The molecule has 0 bridgehead atoms. The predicted molar refractivity (Wildman–Crippen MR) is 75.1 cm³/mol. The first-order valence-corrected chi connectivity index (χ1v) is 6.91. The summed E-state index contributed by atoms with van der Waals surface area (Å²) in [4.78, 5) is 12.1. The fraction of sp³-hybridized carbons (Fsp3) is 0.286. The maximum atomic E-state index is 12.7. The third-order valence-electron chi connectivity index (χ3n) is 3.27. The zero-order chi connectivity index (χ0) is 15.6. The van der Waals surface area contributed by atoms with Gasteiger partial charge in [-0.25, -0.2) is 0 Å². The van der Waals surface area contributed by atoms with Crippen LogP contribution >= 0.6 is 15.9 Å². The number of Topliss-reactive ketones (excluding diaryl/α,β-unsaturated/α-hetero) is 1. The van der Waals surface area contributed by atoms with Crippen LogP contribution in [-0.4, -0.2) is 22.9 Å². The molecular weight excluding hydrogens is 351 g/mol. The Bertz CT molecular complexity index is 606. The second kappa shape index (κ2) is 6.01. The number of oxime groups is 1. The number of ketones is 1. The van der Waals surface area contributed by atoms with E-state index in [-0.39, 0.29) is 12.8 Å². The number of rotatable bonds is 2. The Morgan fingerprint density at radius 3 is 2.48 bits per heavy atom. The highest BCUT2D eigenvalue weighted by Gasteiger charge is 2.47. The van der Waals surface area contributed by atoms with Crippen LogP contribution in [0.15, 0.2) is 39.5 Å². The van der Waals surface area contributed by atoms with Gasteiger partial charge in [-0.2, -0.15) is 13.2 Å². The Balaban J connectivity index is 2.24. The highest BCUT2D eigenvalue weighted by atomic mass is 79.9. The van der Waals surface area contributed by atoms with Gasteiger partial charge in [-0.05, 0) is 42.2 Å². The molecule has 2 rings (SSSR count). The minimum Gasteiger partial charge on any atom is -0.411 e. The van der Waals surface area contributed by atoms with Gasteiger partial charge in [0.25, 0.3) is 0 Å². The maximum absolute atomic E-state index is 12.7. The van der Waals surface area contributed by atoms with E-state index in [9.17, 15) is 18.0 Å². The van der Waals surface area contributed by atoms with E-state index in [2.05, 4.69) is 21.1 Å². The van der Waals surface area contributed by atoms with Gasteiger partial charge < -0.3 is 5.21 Å². The van der Waals surface area contributed by atoms with Crippen molar-refractivity contribution in [3.63, 3.8) is 0 Å². The number of halogens is 4. The molecule has 1 unspecified atom stereocenters. The second-order valence-corrected chi connectivity index (χ2v) is 5.58. The van der Waals surface area contributed by atoms with Crippen LogP contribution in [0.2, 0.25) is 0 Å². The summed E-state index contributed by atoms with van der Waals surface area (Å²) in [5.41, 5.74) is -0.379. The first-order valence-electron chi connectivity index (χ1n) is 6.12. The zero-order valence-corrected chi connectivity index (χ0v) is 12.3. The first kappa shape index (κ1) is 15.8. The van der Waals surface area contributed by atoms with Crippen molar-refractivity contribution < 1.29 is 23.2 Å². The van der Waals surface area contributed by atoms with Gasteiger partial charge in [0.15, 0.2) is 11.5 Å². The van der Waals surface area contributed by atoms with E-state index in [1.165, 1.54) is 0 Å². The number of nitrogens with zero attached hydrogens (tertiary/aromatic N) is 1. The molecule has 0 saturated heterocycles. The van der Waals surface area contributed by atoms with Crippen molar-refractivity contribution in [2.75, 3.05) is 0 Å². The number of allylic oxidation sites excluding steroid dienone is 1. The zero-order valence-electron chi connectivity index (χ0n) is 10.7. The van der Waals surface area contributed by atoms with E-state index < -0.39 is 23.6 Å². The quantitative estimate of drug-likeness (QED) is 0.371. The summed E-state index contributed by atoms with van der Waals surface area (Å²) >= 11 is 3.27. The predicted octanol–water partition coefficient (Wildman–Crippen LogP) is 4.20. The van der Waals surface area contributed by atoms with Crippen molar-refractivity contribution in [2.45, 2.75) is 19.0 Å². The molecule has 1 aromatic rings. The normalized spacial score (nSPS) is 22.1. The smallest absolute Gasteiger partial charge is 0.411 e. The topological polar surface area (TPSA) is 49.7 Å². The maximum Gasteiger partial charge on any atom is 0.433 e. The van der Waals surface area contributed by atoms with Crippen LogP contribution < -0.4 is 0 Å². The number of hydrogen-bond donors (Lipinski definition) is 1. The van der Waals surface area contributed by atoms with E-state index >= 15 is 0 Å². The summed E-state index contributed by atoms with van der Waals surface area (Å²) in [6.07, 6.45) is -3.00. The van der Waals surface area contributed by atoms with Gasteiger partial charge in [0.2, 0.25) is 0 Å². The Labute approximate surface area is 127 Å². The van der Waals surface area contributed by atoms with Gasteiger partial charge in [-0.1, -0.05) is 33.2 Å². The van der Waals surface area contributed by atoms with Crippen LogP contribution in [0.4, 0.5) is 13.2 Å². The van der Waals surface area contributed by atoms with E-state index in [4.69, 9.17) is 5.21 Å². The molecule has 1 aliphatic rings. The summed E-state index contributed by atoms with van der Waals surface area (Å²) in [6, 6.07) is 7.06. The van der Waals surface area contributed by atoms with E-state index in [0.29, 0.717) is 5.57 Å². The van der Waals surface area contributed by atoms with Crippen molar-refractivity contribution in [3.05, 3.63) is 39.9 Å². The molecule has 1 fully saturated rings. The number of carbonyl (C=O) groups excluding carboxylic acids is 1. The lowest BCUT2D eigenvalue weighted by atomic mass is 9.99. The van der Waals surface area contributed by atoms with E-state index in [0.717, 1.165) is 10.0 Å². The van der Waals surface area contributed by atoms with Gasteiger partial charge in [-0.15, -0.1) is 0 Å². The highest BCUT2D eigenvalue weighted by Crippen LogP contribution is 2.34. The molecule has 1 atom stereocenters. The Hall–Kier alpha value is -1.63. The molecule has 21 heavy (non-hydrogen) atoms. The number of alkyl halides is 3. The third kappa shape index (κ3) is 3.53. The Kier molecular flexibility index (Phi) is 4.51. The summed E-state index contributed by atoms with van der Waals surface area (Å²) < 4.78 is 38.9. The van der Waals surface area contributed by atoms with E-state index in [1.807, 2.05) is 0 Å². The average molecular weight is 362 g/mol. The number of benzene rings is 1. The van der Waals surface area contributed by atoms with Crippen LogP contribution in [0.1, 0.15) is 18.4 Å².